The highest BCUT2D eigenvalue weighted by atomic mass is 35.5. The van der Waals surface area contributed by atoms with Gasteiger partial charge in [0.05, 0.1) is 5.02 Å². The van der Waals surface area contributed by atoms with Crippen molar-refractivity contribution in [2.75, 3.05) is 0 Å². The molecule has 0 amide bonds. The van der Waals surface area contributed by atoms with Crippen molar-refractivity contribution in [2.45, 2.75) is 31.8 Å². The Bertz CT molecular complexity index is 390. The van der Waals surface area contributed by atoms with Crippen LogP contribution in [0.1, 0.15) is 24.8 Å². The van der Waals surface area contributed by atoms with Gasteiger partial charge in [-0.05, 0) is 37.0 Å². The Balaban J connectivity index is 1.89. The zero-order valence-corrected chi connectivity index (χ0v) is 9.80. The van der Waals surface area contributed by atoms with Gasteiger partial charge >= 0.3 is 0 Å². The Labute approximate surface area is 100 Å². The van der Waals surface area contributed by atoms with Crippen molar-refractivity contribution in [1.29, 1.82) is 0 Å². The van der Waals surface area contributed by atoms with Crippen molar-refractivity contribution in [2.24, 2.45) is 0 Å². The van der Waals surface area contributed by atoms with E-state index in [9.17, 15) is 4.39 Å². The van der Waals surface area contributed by atoms with Gasteiger partial charge in [-0.25, -0.2) is 4.39 Å². The van der Waals surface area contributed by atoms with E-state index in [0.717, 1.165) is 24.8 Å². The zero-order chi connectivity index (χ0) is 11.4. The lowest BCUT2D eigenvalue weighted by molar-refractivity contribution is 0.473. The van der Waals surface area contributed by atoms with E-state index in [-0.39, 0.29) is 10.8 Å². The normalized spacial score (nSPS) is 20.0. The SMILES string of the molecule is Fc1cc(CNC2CC=CCC2)ccc1Cl. The lowest BCUT2D eigenvalue weighted by Crippen LogP contribution is -2.29. The highest BCUT2D eigenvalue weighted by molar-refractivity contribution is 6.30. The van der Waals surface area contributed by atoms with Crippen LogP contribution in [0.3, 0.4) is 0 Å². The summed E-state index contributed by atoms with van der Waals surface area (Å²) in [6.45, 7) is 0.701. The number of hydrogen-bond acceptors (Lipinski definition) is 1. The molecule has 86 valence electrons. The summed E-state index contributed by atoms with van der Waals surface area (Å²) in [4.78, 5) is 0. The molecule has 1 unspecified atom stereocenters. The van der Waals surface area contributed by atoms with Crippen LogP contribution in [0.25, 0.3) is 0 Å². The van der Waals surface area contributed by atoms with Gasteiger partial charge < -0.3 is 5.32 Å². The number of benzene rings is 1. The van der Waals surface area contributed by atoms with Crippen molar-refractivity contribution >= 4 is 11.6 Å². The van der Waals surface area contributed by atoms with Gasteiger partial charge in [-0.3, -0.25) is 0 Å². The van der Waals surface area contributed by atoms with Gasteiger partial charge in [0.15, 0.2) is 0 Å². The summed E-state index contributed by atoms with van der Waals surface area (Å²) < 4.78 is 13.2. The molecule has 0 spiro atoms. The number of allylic oxidation sites excluding steroid dienone is 1. The fraction of sp³-hybridized carbons (Fsp3) is 0.385. The molecule has 3 heteroatoms. The van der Waals surface area contributed by atoms with E-state index in [1.807, 2.05) is 6.07 Å². The third kappa shape index (κ3) is 3.06. The lowest BCUT2D eigenvalue weighted by atomic mass is 10.0. The molecule has 1 N–H and O–H groups in total. The molecule has 0 bridgehead atoms. The van der Waals surface area contributed by atoms with E-state index in [1.165, 1.54) is 6.07 Å². The summed E-state index contributed by atoms with van der Waals surface area (Å²) in [7, 11) is 0. The quantitative estimate of drug-likeness (QED) is 0.794. The molecule has 0 saturated heterocycles. The predicted molar refractivity (Wildman–Crippen MR) is 65.0 cm³/mol. The largest absolute Gasteiger partial charge is 0.310 e. The maximum atomic E-state index is 13.2. The molecule has 0 aliphatic heterocycles. The highest BCUT2D eigenvalue weighted by Crippen LogP contribution is 2.16. The first-order valence-electron chi connectivity index (χ1n) is 5.58. The van der Waals surface area contributed by atoms with Crippen molar-refractivity contribution < 1.29 is 4.39 Å². The van der Waals surface area contributed by atoms with Crippen LogP contribution in [0.5, 0.6) is 0 Å². The van der Waals surface area contributed by atoms with Crippen LogP contribution in [0.15, 0.2) is 30.4 Å². The Hall–Kier alpha value is -0.860. The molecule has 2 rings (SSSR count). The summed E-state index contributed by atoms with van der Waals surface area (Å²) in [5.41, 5.74) is 0.941. The minimum Gasteiger partial charge on any atom is -0.310 e. The maximum Gasteiger partial charge on any atom is 0.142 e. The third-order valence-electron chi connectivity index (χ3n) is 2.85. The molecule has 1 aliphatic rings. The van der Waals surface area contributed by atoms with Crippen molar-refractivity contribution in [3.05, 3.63) is 46.8 Å². The van der Waals surface area contributed by atoms with Gasteiger partial charge in [0, 0.05) is 12.6 Å². The minimum absolute atomic E-state index is 0.185. The van der Waals surface area contributed by atoms with Gasteiger partial charge in [0.25, 0.3) is 0 Å². The van der Waals surface area contributed by atoms with Crippen LogP contribution in [0.2, 0.25) is 5.02 Å². The summed E-state index contributed by atoms with van der Waals surface area (Å²) in [5.74, 6) is -0.343. The Morgan fingerprint density at radius 3 is 2.94 bits per heavy atom. The average molecular weight is 240 g/mol. The zero-order valence-electron chi connectivity index (χ0n) is 9.05. The van der Waals surface area contributed by atoms with Crippen molar-refractivity contribution in [3.63, 3.8) is 0 Å². The molecule has 1 aromatic carbocycles. The summed E-state index contributed by atoms with van der Waals surface area (Å²) >= 11 is 5.62. The third-order valence-corrected chi connectivity index (χ3v) is 3.15. The summed E-state index contributed by atoms with van der Waals surface area (Å²) in [5, 5.41) is 3.61. The molecule has 0 fully saturated rings. The average Bonchev–Trinajstić information content (AvgIpc) is 2.32. The van der Waals surface area contributed by atoms with Crippen molar-refractivity contribution in [3.8, 4) is 0 Å². The summed E-state index contributed by atoms with van der Waals surface area (Å²) in [6.07, 6.45) is 7.76. The first-order valence-corrected chi connectivity index (χ1v) is 5.96. The first kappa shape index (κ1) is 11.6. The minimum atomic E-state index is -0.343. The topological polar surface area (TPSA) is 12.0 Å². The Morgan fingerprint density at radius 2 is 2.25 bits per heavy atom. The number of nitrogens with one attached hydrogen (secondary N) is 1. The maximum absolute atomic E-state index is 13.2. The molecule has 1 nitrogen and oxygen atoms in total. The van der Waals surface area contributed by atoms with E-state index in [2.05, 4.69) is 17.5 Å². The van der Waals surface area contributed by atoms with Gasteiger partial charge in [0.2, 0.25) is 0 Å². The lowest BCUT2D eigenvalue weighted by Gasteiger charge is -2.19. The van der Waals surface area contributed by atoms with E-state index < -0.39 is 0 Å². The van der Waals surface area contributed by atoms with Crippen molar-refractivity contribution in [1.82, 2.24) is 5.32 Å². The van der Waals surface area contributed by atoms with Gasteiger partial charge in [-0.15, -0.1) is 0 Å². The van der Waals surface area contributed by atoms with E-state index >= 15 is 0 Å². The smallest absolute Gasteiger partial charge is 0.142 e. The fourth-order valence-electron chi connectivity index (χ4n) is 1.89. The summed E-state index contributed by atoms with van der Waals surface area (Å²) in [6, 6.07) is 5.48. The first-order chi connectivity index (χ1) is 7.75. The van der Waals surface area contributed by atoms with Crippen LogP contribution < -0.4 is 5.32 Å². The van der Waals surface area contributed by atoms with Crippen LogP contribution >= 0.6 is 11.6 Å². The number of hydrogen-bond donors (Lipinski definition) is 1. The second-order valence-electron chi connectivity index (χ2n) is 4.11. The van der Waals surface area contributed by atoms with E-state index in [4.69, 9.17) is 11.6 Å². The molecule has 0 saturated carbocycles. The molecule has 16 heavy (non-hydrogen) atoms. The highest BCUT2D eigenvalue weighted by Gasteiger charge is 2.09. The molecule has 0 radical (unpaired) electrons. The second kappa shape index (κ2) is 5.46. The second-order valence-corrected chi connectivity index (χ2v) is 4.52. The molecule has 1 aromatic rings. The molecular formula is C13H15ClFN. The molecular weight excluding hydrogens is 225 g/mol. The molecule has 0 aromatic heterocycles. The molecule has 0 heterocycles. The molecule has 1 aliphatic carbocycles. The predicted octanol–water partition coefficient (Wildman–Crippen LogP) is 3.68. The van der Waals surface area contributed by atoms with Crippen LogP contribution in [0, 0.1) is 5.82 Å². The van der Waals surface area contributed by atoms with Gasteiger partial charge in [0.1, 0.15) is 5.82 Å². The fourth-order valence-corrected chi connectivity index (χ4v) is 2.01. The number of halogens is 2. The van der Waals surface area contributed by atoms with E-state index in [1.54, 1.807) is 6.07 Å². The van der Waals surface area contributed by atoms with Gasteiger partial charge in [-0.1, -0.05) is 29.8 Å². The van der Waals surface area contributed by atoms with Crippen LogP contribution in [-0.4, -0.2) is 6.04 Å². The standard InChI is InChI=1S/C13H15ClFN/c14-12-7-6-10(8-13(12)15)9-16-11-4-2-1-3-5-11/h1-2,6-8,11,16H,3-5,9H2. The van der Waals surface area contributed by atoms with Crippen LogP contribution in [-0.2, 0) is 6.54 Å². The van der Waals surface area contributed by atoms with Gasteiger partial charge in [-0.2, -0.15) is 0 Å². The van der Waals surface area contributed by atoms with Crippen LogP contribution in [0.4, 0.5) is 4.39 Å². The monoisotopic (exact) mass is 239 g/mol. The molecule has 1 atom stereocenters. The van der Waals surface area contributed by atoms with E-state index in [0.29, 0.717) is 12.6 Å². The Kier molecular flexibility index (Phi) is 3.97. The number of rotatable bonds is 3. The Morgan fingerprint density at radius 1 is 1.38 bits per heavy atom.